The first-order valence-corrected chi connectivity index (χ1v) is 6.70. The highest BCUT2D eigenvalue weighted by Crippen LogP contribution is 2.16. The lowest BCUT2D eigenvalue weighted by atomic mass is 10.1. The Morgan fingerprint density at radius 2 is 1.77 bits per heavy atom. The number of carbonyl (C=O) groups excluding carboxylic acids is 1. The fourth-order valence-electron chi connectivity index (χ4n) is 1.94. The molecule has 0 aliphatic heterocycles. The number of hydrogen-bond acceptors (Lipinski definition) is 2. The van der Waals surface area contributed by atoms with Crippen LogP contribution in [-0.4, -0.2) is 12.5 Å². The van der Waals surface area contributed by atoms with Crippen LogP contribution < -0.4 is 10.6 Å². The van der Waals surface area contributed by atoms with E-state index < -0.39 is 11.6 Å². The summed E-state index contributed by atoms with van der Waals surface area (Å²) in [6.07, 6.45) is 0. The Balaban J connectivity index is 1.90. The van der Waals surface area contributed by atoms with Crippen LogP contribution in [0.15, 0.2) is 42.5 Å². The lowest BCUT2D eigenvalue weighted by Gasteiger charge is -2.15. The van der Waals surface area contributed by atoms with Crippen molar-refractivity contribution in [1.29, 1.82) is 0 Å². The molecular weight excluding hydrogens is 293 g/mol. The summed E-state index contributed by atoms with van der Waals surface area (Å²) in [5.41, 5.74) is 0.663. The van der Waals surface area contributed by atoms with Crippen LogP contribution in [0.1, 0.15) is 18.5 Å². The predicted molar refractivity (Wildman–Crippen MR) is 77.8 cm³/mol. The second-order valence-electron chi connectivity index (χ2n) is 4.80. The molecule has 0 bridgehead atoms. The summed E-state index contributed by atoms with van der Waals surface area (Å²) in [6.45, 7) is 1.54. The van der Waals surface area contributed by atoms with Crippen LogP contribution in [0.5, 0.6) is 0 Å². The van der Waals surface area contributed by atoms with Gasteiger partial charge in [-0.3, -0.25) is 4.79 Å². The monoisotopic (exact) mass is 308 g/mol. The minimum atomic E-state index is -1.03. The molecule has 1 atom stereocenters. The van der Waals surface area contributed by atoms with E-state index in [0.717, 1.165) is 11.6 Å². The van der Waals surface area contributed by atoms with Gasteiger partial charge in [-0.15, -0.1) is 0 Å². The minimum Gasteiger partial charge on any atom is -0.374 e. The van der Waals surface area contributed by atoms with Gasteiger partial charge in [-0.1, -0.05) is 18.2 Å². The van der Waals surface area contributed by atoms with Gasteiger partial charge in [0.25, 0.3) is 0 Å². The predicted octanol–water partition coefficient (Wildman–Crippen LogP) is 3.39. The molecule has 0 fully saturated rings. The molecule has 0 spiro atoms. The maximum atomic E-state index is 13.4. The van der Waals surface area contributed by atoms with E-state index in [2.05, 4.69) is 10.6 Å². The number of halogens is 3. The summed E-state index contributed by atoms with van der Waals surface area (Å²) in [5, 5.41) is 5.21. The van der Waals surface area contributed by atoms with Crippen LogP contribution in [-0.2, 0) is 4.79 Å². The fraction of sp³-hybridized carbons (Fsp3) is 0.188. The van der Waals surface area contributed by atoms with E-state index >= 15 is 0 Å². The van der Waals surface area contributed by atoms with Gasteiger partial charge in [-0.2, -0.15) is 0 Å². The zero-order valence-corrected chi connectivity index (χ0v) is 11.9. The first-order valence-electron chi connectivity index (χ1n) is 6.70. The average Bonchev–Trinajstić information content (AvgIpc) is 2.49. The summed E-state index contributed by atoms with van der Waals surface area (Å²) >= 11 is 0. The largest absolute Gasteiger partial charge is 0.374 e. The van der Waals surface area contributed by atoms with E-state index in [1.54, 1.807) is 19.1 Å². The highest BCUT2D eigenvalue weighted by atomic mass is 19.2. The van der Waals surface area contributed by atoms with Gasteiger partial charge in [0.1, 0.15) is 5.82 Å². The fourth-order valence-corrected chi connectivity index (χ4v) is 1.94. The number of benzene rings is 2. The van der Waals surface area contributed by atoms with E-state index in [9.17, 15) is 18.0 Å². The van der Waals surface area contributed by atoms with Crippen molar-refractivity contribution in [3.63, 3.8) is 0 Å². The maximum Gasteiger partial charge on any atom is 0.239 e. The molecule has 6 heteroatoms. The Hall–Kier alpha value is -2.50. The number of nitrogens with one attached hydrogen (secondary N) is 2. The summed E-state index contributed by atoms with van der Waals surface area (Å²) in [4.78, 5) is 11.8. The van der Waals surface area contributed by atoms with Crippen LogP contribution in [0.4, 0.5) is 18.9 Å². The van der Waals surface area contributed by atoms with Gasteiger partial charge in [0, 0.05) is 0 Å². The van der Waals surface area contributed by atoms with Crippen LogP contribution in [0.3, 0.4) is 0 Å². The van der Waals surface area contributed by atoms with Gasteiger partial charge in [-0.25, -0.2) is 13.2 Å². The van der Waals surface area contributed by atoms with Crippen molar-refractivity contribution in [2.75, 3.05) is 11.9 Å². The number of hydrogen-bond donors (Lipinski definition) is 2. The third-order valence-corrected chi connectivity index (χ3v) is 3.14. The smallest absolute Gasteiger partial charge is 0.239 e. The van der Waals surface area contributed by atoms with Gasteiger partial charge in [-0.05, 0) is 36.8 Å². The molecule has 116 valence electrons. The molecule has 2 rings (SSSR count). The van der Waals surface area contributed by atoms with Gasteiger partial charge in [0.15, 0.2) is 11.6 Å². The van der Waals surface area contributed by atoms with Gasteiger partial charge >= 0.3 is 0 Å². The molecule has 22 heavy (non-hydrogen) atoms. The van der Waals surface area contributed by atoms with Crippen molar-refractivity contribution in [3.05, 3.63) is 65.5 Å². The highest BCUT2D eigenvalue weighted by Gasteiger charge is 2.11. The molecule has 1 amide bonds. The molecule has 0 radical (unpaired) electrons. The van der Waals surface area contributed by atoms with E-state index in [1.807, 2.05) is 0 Å². The molecule has 2 aromatic rings. The van der Waals surface area contributed by atoms with Crippen molar-refractivity contribution in [2.24, 2.45) is 0 Å². The molecule has 0 saturated heterocycles. The second-order valence-corrected chi connectivity index (χ2v) is 4.80. The van der Waals surface area contributed by atoms with Crippen LogP contribution in [0, 0.1) is 17.5 Å². The normalized spacial score (nSPS) is 11.8. The summed E-state index contributed by atoms with van der Waals surface area (Å²) in [5.74, 6) is -2.75. The summed E-state index contributed by atoms with van der Waals surface area (Å²) in [6, 6.07) is 9.11. The number of amides is 1. The van der Waals surface area contributed by atoms with Crippen LogP contribution in [0.25, 0.3) is 0 Å². The Labute approximate surface area is 126 Å². The third kappa shape index (κ3) is 4.00. The Bertz CT molecular complexity index is 659. The van der Waals surface area contributed by atoms with Crippen molar-refractivity contribution in [3.8, 4) is 0 Å². The molecule has 0 heterocycles. The van der Waals surface area contributed by atoms with Crippen molar-refractivity contribution >= 4 is 11.6 Å². The Morgan fingerprint density at radius 1 is 1.09 bits per heavy atom. The molecule has 0 aromatic heterocycles. The SMILES string of the molecule is CC(NC(=O)CNc1cccc(F)c1F)c1ccc(F)cc1. The van der Waals surface area contributed by atoms with E-state index in [1.165, 1.54) is 24.3 Å². The lowest BCUT2D eigenvalue weighted by molar-refractivity contribution is -0.120. The molecule has 0 aliphatic rings. The number of anilines is 1. The Morgan fingerprint density at radius 3 is 2.45 bits per heavy atom. The van der Waals surface area contributed by atoms with Crippen molar-refractivity contribution < 1.29 is 18.0 Å². The van der Waals surface area contributed by atoms with E-state index in [-0.39, 0.29) is 30.0 Å². The maximum absolute atomic E-state index is 13.4. The van der Waals surface area contributed by atoms with Crippen LogP contribution >= 0.6 is 0 Å². The minimum absolute atomic E-state index is 0.0791. The molecular formula is C16H15F3N2O. The van der Waals surface area contributed by atoms with E-state index in [0.29, 0.717) is 0 Å². The molecule has 0 saturated carbocycles. The average molecular weight is 308 g/mol. The van der Waals surface area contributed by atoms with Crippen molar-refractivity contribution in [1.82, 2.24) is 5.32 Å². The van der Waals surface area contributed by atoms with Gasteiger partial charge in [0.2, 0.25) is 5.91 Å². The molecule has 0 aliphatic carbocycles. The lowest BCUT2D eigenvalue weighted by Crippen LogP contribution is -2.32. The first-order chi connectivity index (χ1) is 10.5. The zero-order chi connectivity index (χ0) is 16.1. The quantitative estimate of drug-likeness (QED) is 0.889. The third-order valence-electron chi connectivity index (χ3n) is 3.14. The molecule has 2 N–H and O–H groups in total. The molecule has 1 unspecified atom stereocenters. The second kappa shape index (κ2) is 6.98. The molecule has 2 aromatic carbocycles. The number of rotatable bonds is 5. The summed E-state index contributed by atoms with van der Waals surface area (Å²) in [7, 11) is 0. The topological polar surface area (TPSA) is 41.1 Å². The van der Waals surface area contributed by atoms with E-state index in [4.69, 9.17) is 0 Å². The Kier molecular flexibility index (Phi) is 5.04. The first kappa shape index (κ1) is 15.9. The zero-order valence-electron chi connectivity index (χ0n) is 11.9. The summed E-state index contributed by atoms with van der Waals surface area (Å²) < 4.78 is 39.3. The van der Waals surface area contributed by atoms with Crippen molar-refractivity contribution in [2.45, 2.75) is 13.0 Å². The van der Waals surface area contributed by atoms with Crippen LogP contribution in [0.2, 0.25) is 0 Å². The van der Waals surface area contributed by atoms with Gasteiger partial charge < -0.3 is 10.6 Å². The number of carbonyl (C=O) groups is 1. The molecule has 3 nitrogen and oxygen atoms in total. The standard InChI is InChI=1S/C16H15F3N2O/c1-10(11-5-7-12(17)8-6-11)21-15(22)9-20-14-4-2-3-13(18)16(14)19/h2-8,10,20H,9H2,1H3,(H,21,22). The highest BCUT2D eigenvalue weighted by molar-refractivity contribution is 5.81. The van der Waals surface area contributed by atoms with Gasteiger partial charge in [0.05, 0.1) is 18.3 Å².